The number of nitrogens with one attached hydrogen (secondary N) is 1. The van der Waals surface area contributed by atoms with Gasteiger partial charge in [-0.15, -0.1) is 0 Å². The molecule has 0 fully saturated rings. The number of halogens is 7. The zero-order valence-electron chi connectivity index (χ0n) is 8.99. The van der Waals surface area contributed by atoms with Gasteiger partial charge >= 0.3 is 12.4 Å². The third kappa shape index (κ3) is 4.42. The Kier molecular flexibility index (Phi) is 4.06. The summed E-state index contributed by atoms with van der Waals surface area (Å²) in [6, 6.07) is 1.18. The number of hydrogen-bond acceptors (Lipinski definition) is 1. The van der Waals surface area contributed by atoms with Gasteiger partial charge in [-0.05, 0) is 18.2 Å². The topological polar surface area (TPSA) is 29.1 Å². The van der Waals surface area contributed by atoms with E-state index in [9.17, 15) is 35.5 Å². The molecule has 1 amide bonds. The van der Waals surface area contributed by atoms with Gasteiger partial charge in [0.25, 0.3) is 5.91 Å². The van der Waals surface area contributed by atoms with Gasteiger partial charge in [-0.25, -0.2) is 4.39 Å². The Labute approximate surface area is 102 Å². The van der Waals surface area contributed by atoms with Crippen molar-refractivity contribution < 1.29 is 35.5 Å². The van der Waals surface area contributed by atoms with Crippen molar-refractivity contribution in [3.8, 4) is 0 Å². The number of benzene rings is 1. The minimum Gasteiger partial charge on any atom is -0.343 e. The van der Waals surface area contributed by atoms with E-state index >= 15 is 0 Å². The average molecular weight is 289 g/mol. The summed E-state index contributed by atoms with van der Waals surface area (Å²) in [5.41, 5.74) is -2.43. The van der Waals surface area contributed by atoms with Gasteiger partial charge in [-0.3, -0.25) is 4.79 Å². The van der Waals surface area contributed by atoms with Crippen molar-refractivity contribution in [2.24, 2.45) is 0 Å². The fraction of sp³-hybridized carbons (Fsp3) is 0.300. The predicted octanol–water partition coefficient (Wildman–Crippen LogP) is 3.14. The lowest BCUT2D eigenvalue weighted by atomic mass is 10.1. The van der Waals surface area contributed by atoms with Crippen molar-refractivity contribution in [2.45, 2.75) is 12.4 Å². The van der Waals surface area contributed by atoms with Crippen LogP contribution in [0.1, 0.15) is 15.9 Å². The lowest BCUT2D eigenvalue weighted by molar-refractivity contribution is -0.140. The lowest BCUT2D eigenvalue weighted by Crippen LogP contribution is -2.33. The maximum Gasteiger partial charge on any atom is 0.419 e. The van der Waals surface area contributed by atoms with Gasteiger partial charge in [-0.2, -0.15) is 26.3 Å². The summed E-state index contributed by atoms with van der Waals surface area (Å²) in [6.45, 7) is -1.69. The molecule has 0 atom stereocenters. The first-order valence-corrected chi connectivity index (χ1v) is 4.72. The zero-order chi connectivity index (χ0) is 14.8. The van der Waals surface area contributed by atoms with Crippen LogP contribution >= 0.6 is 0 Å². The number of alkyl halides is 6. The van der Waals surface area contributed by atoms with Gasteiger partial charge in [0.1, 0.15) is 12.4 Å². The van der Waals surface area contributed by atoms with Gasteiger partial charge in [-0.1, -0.05) is 0 Å². The second kappa shape index (κ2) is 5.06. The van der Waals surface area contributed by atoms with Crippen molar-refractivity contribution in [1.82, 2.24) is 5.32 Å². The van der Waals surface area contributed by atoms with Gasteiger partial charge in [0.15, 0.2) is 0 Å². The molecule has 0 aliphatic heterocycles. The molecule has 19 heavy (non-hydrogen) atoms. The summed E-state index contributed by atoms with van der Waals surface area (Å²) in [4.78, 5) is 11.2. The number of carbonyl (C=O) groups is 1. The average Bonchev–Trinajstić information content (AvgIpc) is 2.24. The Balaban J connectivity index is 2.94. The second-order valence-corrected chi connectivity index (χ2v) is 3.49. The molecule has 0 saturated carbocycles. The molecule has 0 spiro atoms. The van der Waals surface area contributed by atoms with E-state index in [4.69, 9.17) is 0 Å². The Hall–Kier alpha value is -1.80. The molecule has 1 aromatic rings. The van der Waals surface area contributed by atoms with Gasteiger partial charge < -0.3 is 5.32 Å². The molecule has 0 saturated heterocycles. The predicted molar refractivity (Wildman–Crippen MR) is 49.8 cm³/mol. The molecule has 1 N–H and O–H groups in total. The Morgan fingerprint density at radius 1 is 1.11 bits per heavy atom. The highest BCUT2D eigenvalue weighted by atomic mass is 19.4. The third-order valence-electron chi connectivity index (χ3n) is 1.98. The standard InChI is InChI=1S/C10H6F7NO/c11-7-2-1-5(3-6(7)10(15,16)17)8(19)18-4-9(12,13)14/h1-3H,4H2,(H,18,19). The second-order valence-electron chi connectivity index (χ2n) is 3.49. The van der Waals surface area contributed by atoms with Crippen molar-refractivity contribution in [3.63, 3.8) is 0 Å². The Morgan fingerprint density at radius 2 is 1.68 bits per heavy atom. The van der Waals surface area contributed by atoms with E-state index in [1.165, 1.54) is 5.32 Å². The molecule has 0 radical (unpaired) electrons. The Morgan fingerprint density at radius 3 is 2.16 bits per heavy atom. The van der Waals surface area contributed by atoms with E-state index in [0.717, 1.165) is 0 Å². The summed E-state index contributed by atoms with van der Waals surface area (Å²) in [7, 11) is 0. The highest BCUT2D eigenvalue weighted by Crippen LogP contribution is 2.31. The summed E-state index contributed by atoms with van der Waals surface area (Å²) < 4.78 is 85.2. The molecule has 2 nitrogen and oxygen atoms in total. The minimum absolute atomic E-state index is 0.154. The first-order chi connectivity index (χ1) is 8.50. The van der Waals surface area contributed by atoms with Crippen LogP contribution in [0.15, 0.2) is 18.2 Å². The maximum atomic E-state index is 12.9. The van der Waals surface area contributed by atoms with Crippen LogP contribution in [0.4, 0.5) is 30.7 Å². The molecule has 9 heteroatoms. The van der Waals surface area contributed by atoms with E-state index in [1.54, 1.807) is 0 Å². The van der Waals surface area contributed by atoms with Crippen molar-refractivity contribution in [1.29, 1.82) is 0 Å². The summed E-state index contributed by atoms with van der Waals surface area (Å²) in [6.07, 6.45) is -9.73. The first kappa shape index (κ1) is 15.3. The molecule has 106 valence electrons. The fourth-order valence-electron chi connectivity index (χ4n) is 1.17. The van der Waals surface area contributed by atoms with Crippen LogP contribution < -0.4 is 5.32 Å². The molecular formula is C10H6F7NO. The molecule has 0 aromatic heterocycles. The van der Waals surface area contributed by atoms with E-state index < -0.39 is 41.7 Å². The van der Waals surface area contributed by atoms with Crippen LogP contribution in [0.2, 0.25) is 0 Å². The normalized spacial score (nSPS) is 12.4. The zero-order valence-corrected chi connectivity index (χ0v) is 8.99. The number of hydrogen-bond donors (Lipinski definition) is 1. The minimum atomic E-state index is -5.04. The highest BCUT2D eigenvalue weighted by Gasteiger charge is 2.35. The number of carbonyl (C=O) groups excluding carboxylic acids is 1. The molecule has 0 unspecified atom stereocenters. The third-order valence-corrected chi connectivity index (χ3v) is 1.98. The Bertz CT molecular complexity index is 478. The number of amides is 1. The van der Waals surface area contributed by atoms with Crippen molar-refractivity contribution in [3.05, 3.63) is 35.1 Å². The first-order valence-electron chi connectivity index (χ1n) is 4.72. The quantitative estimate of drug-likeness (QED) is 0.833. The van der Waals surface area contributed by atoms with Crippen LogP contribution in [0.5, 0.6) is 0 Å². The summed E-state index contributed by atoms with van der Waals surface area (Å²) >= 11 is 0. The van der Waals surface area contributed by atoms with Crippen LogP contribution in [0.3, 0.4) is 0 Å². The molecule has 0 aliphatic rings. The van der Waals surface area contributed by atoms with E-state index in [1.807, 2.05) is 0 Å². The number of rotatable bonds is 2. The van der Waals surface area contributed by atoms with E-state index in [0.29, 0.717) is 12.1 Å². The summed E-state index contributed by atoms with van der Waals surface area (Å²) in [5.74, 6) is -2.98. The van der Waals surface area contributed by atoms with Crippen LogP contribution in [0, 0.1) is 5.82 Å². The maximum absolute atomic E-state index is 12.9. The van der Waals surface area contributed by atoms with Crippen LogP contribution in [-0.4, -0.2) is 18.6 Å². The van der Waals surface area contributed by atoms with Crippen molar-refractivity contribution >= 4 is 5.91 Å². The van der Waals surface area contributed by atoms with Crippen LogP contribution in [-0.2, 0) is 6.18 Å². The van der Waals surface area contributed by atoms with Gasteiger partial charge in [0.05, 0.1) is 5.56 Å². The molecular weight excluding hydrogens is 283 g/mol. The molecule has 0 bridgehead atoms. The fourth-order valence-corrected chi connectivity index (χ4v) is 1.17. The monoisotopic (exact) mass is 289 g/mol. The highest BCUT2D eigenvalue weighted by molar-refractivity contribution is 5.94. The van der Waals surface area contributed by atoms with E-state index in [-0.39, 0.29) is 6.07 Å². The SMILES string of the molecule is O=C(NCC(F)(F)F)c1ccc(F)c(C(F)(F)F)c1. The largest absolute Gasteiger partial charge is 0.419 e. The lowest BCUT2D eigenvalue weighted by Gasteiger charge is -2.11. The molecule has 1 aromatic carbocycles. The van der Waals surface area contributed by atoms with Gasteiger partial charge in [0, 0.05) is 5.56 Å². The van der Waals surface area contributed by atoms with Crippen LogP contribution in [0.25, 0.3) is 0 Å². The smallest absolute Gasteiger partial charge is 0.343 e. The molecule has 1 rings (SSSR count). The summed E-state index contributed by atoms with van der Waals surface area (Å²) in [5, 5.41) is 1.38. The van der Waals surface area contributed by atoms with E-state index in [2.05, 4.69) is 0 Å². The molecule has 0 aliphatic carbocycles. The molecule has 0 heterocycles. The van der Waals surface area contributed by atoms with Gasteiger partial charge in [0.2, 0.25) is 0 Å². The van der Waals surface area contributed by atoms with Crippen molar-refractivity contribution in [2.75, 3.05) is 6.54 Å².